The first-order valence-electron chi connectivity index (χ1n) is 8.72. The Kier molecular flexibility index (Phi) is 5.61. The summed E-state index contributed by atoms with van der Waals surface area (Å²) in [4.78, 5) is 12.6. The quantitative estimate of drug-likeness (QED) is 0.772. The Bertz CT molecular complexity index is 686. The fourth-order valence-corrected chi connectivity index (χ4v) is 4.37. The second kappa shape index (κ2) is 7.70. The van der Waals surface area contributed by atoms with Crippen LogP contribution < -0.4 is 5.32 Å². The van der Waals surface area contributed by atoms with E-state index >= 15 is 0 Å². The highest BCUT2D eigenvalue weighted by Gasteiger charge is 2.22. The summed E-state index contributed by atoms with van der Waals surface area (Å²) in [5.41, 5.74) is 1.70. The van der Waals surface area contributed by atoms with E-state index in [4.69, 9.17) is 4.74 Å². The maximum Gasteiger partial charge on any atom is 0.269 e. The van der Waals surface area contributed by atoms with E-state index in [1.807, 2.05) is 35.9 Å². The Morgan fingerprint density at radius 2 is 2.08 bits per heavy atom. The largest absolute Gasteiger partial charge is 0.376 e. The molecule has 2 atom stereocenters. The SMILES string of the molecule is C[C@H]1CCCC[C@H]1OCCNC(=O)c1c(Br)c2ccccc2n1C. The van der Waals surface area contributed by atoms with Gasteiger partial charge in [0.15, 0.2) is 0 Å². The van der Waals surface area contributed by atoms with Gasteiger partial charge in [-0.2, -0.15) is 0 Å². The topological polar surface area (TPSA) is 43.3 Å². The van der Waals surface area contributed by atoms with Crippen LogP contribution in [0.25, 0.3) is 10.9 Å². The van der Waals surface area contributed by atoms with Gasteiger partial charge in [0.25, 0.3) is 5.91 Å². The number of fused-ring (bicyclic) bond motifs is 1. The molecule has 1 aliphatic carbocycles. The number of ether oxygens (including phenoxy) is 1. The molecule has 1 aromatic heterocycles. The average molecular weight is 393 g/mol. The zero-order valence-corrected chi connectivity index (χ0v) is 15.9. The lowest BCUT2D eigenvalue weighted by atomic mass is 9.88. The summed E-state index contributed by atoms with van der Waals surface area (Å²) in [5.74, 6) is 0.558. The highest BCUT2D eigenvalue weighted by molar-refractivity contribution is 9.10. The molecule has 24 heavy (non-hydrogen) atoms. The van der Waals surface area contributed by atoms with Gasteiger partial charge in [-0.05, 0) is 40.8 Å². The van der Waals surface area contributed by atoms with Crippen LogP contribution in [0.3, 0.4) is 0 Å². The van der Waals surface area contributed by atoms with Crippen molar-refractivity contribution in [2.45, 2.75) is 38.7 Å². The highest BCUT2D eigenvalue weighted by Crippen LogP contribution is 2.30. The minimum atomic E-state index is -0.0686. The van der Waals surface area contributed by atoms with Crippen molar-refractivity contribution in [1.29, 1.82) is 0 Å². The first-order valence-corrected chi connectivity index (χ1v) is 9.51. The molecule has 1 aromatic carbocycles. The number of amides is 1. The molecule has 0 aliphatic heterocycles. The van der Waals surface area contributed by atoms with Crippen molar-refractivity contribution in [3.05, 3.63) is 34.4 Å². The van der Waals surface area contributed by atoms with Gasteiger partial charge < -0.3 is 14.6 Å². The van der Waals surface area contributed by atoms with E-state index in [9.17, 15) is 4.79 Å². The molecule has 0 unspecified atom stereocenters. The van der Waals surface area contributed by atoms with E-state index in [1.165, 1.54) is 19.3 Å². The predicted molar refractivity (Wildman–Crippen MR) is 100 cm³/mol. The van der Waals surface area contributed by atoms with Gasteiger partial charge in [-0.1, -0.05) is 38.0 Å². The van der Waals surface area contributed by atoms with Crippen molar-refractivity contribution in [2.75, 3.05) is 13.2 Å². The molecular formula is C19H25BrN2O2. The Morgan fingerprint density at radius 1 is 1.33 bits per heavy atom. The van der Waals surface area contributed by atoms with Crippen LogP contribution in [0.15, 0.2) is 28.7 Å². The maximum absolute atomic E-state index is 12.6. The van der Waals surface area contributed by atoms with Crippen molar-refractivity contribution in [3.8, 4) is 0 Å². The van der Waals surface area contributed by atoms with Crippen molar-refractivity contribution in [3.63, 3.8) is 0 Å². The number of rotatable bonds is 5. The average Bonchev–Trinajstić information content (AvgIpc) is 2.84. The first-order chi connectivity index (χ1) is 11.6. The molecule has 2 aromatic rings. The molecule has 1 saturated carbocycles. The third-order valence-electron chi connectivity index (χ3n) is 5.01. The minimum absolute atomic E-state index is 0.0686. The lowest BCUT2D eigenvalue weighted by Gasteiger charge is -2.28. The second-order valence-electron chi connectivity index (χ2n) is 6.67. The maximum atomic E-state index is 12.6. The summed E-state index contributed by atoms with van der Waals surface area (Å²) >= 11 is 3.57. The van der Waals surface area contributed by atoms with E-state index in [-0.39, 0.29) is 5.91 Å². The van der Waals surface area contributed by atoms with Gasteiger partial charge in [0.05, 0.1) is 17.2 Å². The molecule has 3 rings (SSSR count). The number of hydrogen-bond acceptors (Lipinski definition) is 2. The van der Waals surface area contributed by atoms with Gasteiger partial charge in [-0.25, -0.2) is 0 Å². The van der Waals surface area contributed by atoms with Crippen LogP contribution in [0.2, 0.25) is 0 Å². The number of carbonyl (C=O) groups is 1. The molecule has 0 radical (unpaired) electrons. The summed E-state index contributed by atoms with van der Waals surface area (Å²) in [6, 6.07) is 8.00. The Hall–Kier alpha value is -1.33. The number of aromatic nitrogens is 1. The first kappa shape index (κ1) is 17.5. The molecule has 1 amide bonds. The molecule has 4 nitrogen and oxygen atoms in total. The summed E-state index contributed by atoms with van der Waals surface area (Å²) in [6.07, 6.45) is 5.31. The number of halogens is 1. The zero-order valence-electron chi connectivity index (χ0n) is 14.3. The van der Waals surface area contributed by atoms with Crippen LogP contribution in [-0.4, -0.2) is 29.7 Å². The summed E-state index contributed by atoms with van der Waals surface area (Å²) in [6.45, 7) is 3.37. The number of carbonyl (C=O) groups excluding carboxylic acids is 1. The van der Waals surface area contributed by atoms with Crippen LogP contribution in [0.1, 0.15) is 43.1 Å². The summed E-state index contributed by atoms with van der Waals surface area (Å²) in [7, 11) is 1.92. The Balaban J connectivity index is 1.58. The zero-order chi connectivity index (χ0) is 17.1. The fourth-order valence-electron chi connectivity index (χ4n) is 3.59. The van der Waals surface area contributed by atoms with Crippen molar-refractivity contribution < 1.29 is 9.53 Å². The van der Waals surface area contributed by atoms with Gasteiger partial charge in [0.1, 0.15) is 5.69 Å². The van der Waals surface area contributed by atoms with Crippen molar-refractivity contribution in [2.24, 2.45) is 13.0 Å². The Labute approximate surface area is 151 Å². The molecule has 1 N–H and O–H groups in total. The van der Waals surface area contributed by atoms with Gasteiger partial charge in [0, 0.05) is 24.5 Å². The fraction of sp³-hybridized carbons (Fsp3) is 0.526. The number of benzene rings is 1. The third kappa shape index (κ3) is 3.52. The molecule has 0 saturated heterocycles. The van der Waals surface area contributed by atoms with Gasteiger partial charge in [0.2, 0.25) is 0 Å². The summed E-state index contributed by atoms with van der Waals surface area (Å²) in [5, 5.41) is 4.03. The van der Waals surface area contributed by atoms with Crippen LogP contribution in [0.5, 0.6) is 0 Å². The molecule has 130 valence electrons. The molecule has 1 aliphatic rings. The van der Waals surface area contributed by atoms with Crippen LogP contribution >= 0.6 is 15.9 Å². The molecule has 1 fully saturated rings. The molecule has 5 heteroatoms. The lowest BCUT2D eigenvalue weighted by Crippen LogP contribution is -2.32. The number of hydrogen-bond donors (Lipinski definition) is 1. The van der Waals surface area contributed by atoms with E-state index < -0.39 is 0 Å². The van der Waals surface area contributed by atoms with E-state index in [0.717, 1.165) is 21.8 Å². The third-order valence-corrected chi connectivity index (χ3v) is 5.82. The molecule has 0 spiro atoms. The van der Waals surface area contributed by atoms with Crippen LogP contribution in [0, 0.1) is 5.92 Å². The second-order valence-corrected chi connectivity index (χ2v) is 7.46. The van der Waals surface area contributed by atoms with Crippen LogP contribution in [-0.2, 0) is 11.8 Å². The number of aryl methyl sites for hydroxylation is 1. The van der Waals surface area contributed by atoms with Crippen LogP contribution in [0.4, 0.5) is 0 Å². The highest BCUT2D eigenvalue weighted by atomic mass is 79.9. The molecule has 0 bridgehead atoms. The van der Waals surface area contributed by atoms with Gasteiger partial charge in [-0.15, -0.1) is 0 Å². The van der Waals surface area contributed by atoms with Gasteiger partial charge in [-0.3, -0.25) is 4.79 Å². The predicted octanol–water partition coefficient (Wildman–Crippen LogP) is 4.27. The lowest BCUT2D eigenvalue weighted by molar-refractivity contribution is -0.00296. The number of nitrogens with zero attached hydrogens (tertiary/aromatic N) is 1. The van der Waals surface area contributed by atoms with E-state index in [0.29, 0.717) is 30.9 Å². The van der Waals surface area contributed by atoms with E-state index in [1.54, 1.807) is 0 Å². The normalized spacial score (nSPS) is 21.1. The van der Waals surface area contributed by atoms with Crippen molar-refractivity contribution >= 4 is 32.7 Å². The Morgan fingerprint density at radius 3 is 2.83 bits per heavy atom. The standard InChI is InChI=1S/C19H25BrN2O2/c1-13-7-3-6-10-16(13)24-12-11-21-19(23)18-17(20)14-8-4-5-9-15(14)22(18)2/h4-5,8-9,13,16H,3,6-7,10-12H2,1-2H3,(H,21,23)/t13-,16+/m0/s1. The summed E-state index contributed by atoms with van der Waals surface area (Å²) < 4.78 is 8.74. The molecular weight excluding hydrogens is 368 g/mol. The molecule has 1 heterocycles. The van der Waals surface area contributed by atoms with Gasteiger partial charge >= 0.3 is 0 Å². The number of nitrogens with one attached hydrogen (secondary N) is 1. The number of para-hydroxylation sites is 1. The monoisotopic (exact) mass is 392 g/mol. The smallest absolute Gasteiger partial charge is 0.269 e. The van der Waals surface area contributed by atoms with E-state index in [2.05, 4.69) is 28.2 Å². The minimum Gasteiger partial charge on any atom is -0.376 e. The van der Waals surface area contributed by atoms with Crippen molar-refractivity contribution in [1.82, 2.24) is 9.88 Å².